The number of amides is 1. The molecule has 1 aromatic heterocycles. The summed E-state index contributed by atoms with van der Waals surface area (Å²) in [5.74, 6) is 0.728. The van der Waals surface area contributed by atoms with E-state index in [9.17, 15) is 4.79 Å². The van der Waals surface area contributed by atoms with Crippen molar-refractivity contribution in [3.8, 4) is 0 Å². The van der Waals surface area contributed by atoms with E-state index < -0.39 is 0 Å². The zero-order valence-corrected chi connectivity index (χ0v) is 15.4. The number of halogens is 2. The van der Waals surface area contributed by atoms with E-state index >= 15 is 0 Å². The van der Waals surface area contributed by atoms with Crippen LogP contribution in [0.15, 0.2) is 16.7 Å². The van der Waals surface area contributed by atoms with Gasteiger partial charge in [0.25, 0.3) is 5.91 Å². The number of carbonyl (C=O) groups excluding carboxylic acids is 1. The largest absolute Gasteiger partial charge is 0.467 e. The maximum Gasteiger partial charge on any atom is 0.257 e. The van der Waals surface area contributed by atoms with Crippen LogP contribution in [0.5, 0.6) is 0 Å². The predicted molar refractivity (Wildman–Crippen MR) is 97.0 cm³/mol. The first-order chi connectivity index (χ1) is 10.8. The van der Waals surface area contributed by atoms with Crippen molar-refractivity contribution in [2.75, 3.05) is 39.4 Å². The van der Waals surface area contributed by atoms with Gasteiger partial charge >= 0.3 is 0 Å². The van der Waals surface area contributed by atoms with Gasteiger partial charge in [0.15, 0.2) is 0 Å². The fourth-order valence-corrected chi connectivity index (χ4v) is 3.31. The first-order valence-electron chi connectivity index (χ1n) is 8.16. The summed E-state index contributed by atoms with van der Waals surface area (Å²) in [6, 6.07) is 2.05. The molecule has 3 rings (SSSR count). The zero-order valence-electron chi connectivity index (χ0n) is 13.8. The molecule has 3 heterocycles. The van der Waals surface area contributed by atoms with E-state index in [2.05, 4.69) is 4.90 Å². The van der Waals surface area contributed by atoms with Gasteiger partial charge in [0.05, 0.1) is 25.3 Å². The average Bonchev–Trinajstić information content (AvgIpc) is 3.05. The van der Waals surface area contributed by atoms with Crippen LogP contribution in [-0.2, 0) is 11.3 Å². The minimum atomic E-state index is 0. The van der Waals surface area contributed by atoms with Gasteiger partial charge in [-0.15, -0.1) is 24.8 Å². The van der Waals surface area contributed by atoms with Crippen LogP contribution in [0.3, 0.4) is 0 Å². The molecule has 2 aliphatic rings. The Morgan fingerprint density at radius 3 is 2.62 bits per heavy atom. The van der Waals surface area contributed by atoms with Crippen molar-refractivity contribution >= 4 is 30.7 Å². The van der Waals surface area contributed by atoms with E-state index in [1.165, 1.54) is 12.7 Å². The highest BCUT2D eigenvalue weighted by atomic mass is 35.5. The Labute approximate surface area is 155 Å². The molecule has 24 heavy (non-hydrogen) atoms. The topological polar surface area (TPSA) is 71.9 Å². The summed E-state index contributed by atoms with van der Waals surface area (Å²) in [7, 11) is 0. The summed E-state index contributed by atoms with van der Waals surface area (Å²) in [6.45, 7) is 5.60. The highest BCUT2D eigenvalue weighted by molar-refractivity contribution is 5.94. The summed E-state index contributed by atoms with van der Waals surface area (Å²) in [5.41, 5.74) is 6.18. The average molecular weight is 380 g/mol. The molecule has 1 amide bonds. The fraction of sp³-hybridized carbons (Fsp3) is 0.688. The summed E-state index contributed by atoms with van der Waals surface area (Å²) in [5, 5.41) is 0. The highest BCUT2D eigenvalue weighted by Crippen LogP contribution is 2.22. The lowest BCUT2D eigenvalue weighted by molar-refractivity contribution is 0.0166. The van der Waals surface area contributed by atoms with Crippen LogP contribution in [0.2, 0.25) is 0 Å². The minimum Gasteiger partial charge on any atom is -0.467 e. The van der Waals surface area contributed by atoms with E-state index in [0.717, 1.165) is 52.2 Å². The number of piperidine rings is 1. The van der Waals surface area contributed by atoms with Crippen LogP contribution in [0.25, 0.3) is 0 Å². The molecule has 0 bridgehead atoms. The van der Waals surface area contributed by atoms with Crippen molar-refractivity contribution in [3.05, 3.63) is 23.7 Å². The second-order valence-corrected chi connectivity index (χ2v) is 6.07. The maximum atomic E-state index is 12.8. The van der Waals surface area contributed by atoms with E-state index in [0.29, 0.717) is 17.9 Å². The van der Waals surface area contributed by atoms with Crippen molar-refractivity contribution in [1.82, 2.24) is 9.80 Å². The molecule has 0 spiro atoms. The standard InChI is InChI=1S/C16H25N3O3.2ClH/c17-10-15-9-13(12-22-15)16(20)19-4-2-1-3-14(19)11-18-5-7-21-8-6-18;;/h9,12,14H,1-8,10-11,17H2;2*1H. The molecular formula is C16H27Cl2N3O3. The third kappa shape index (κ3) is 5.10. The second-order valence-electron chi connectivity index (χ2n) is 6.07. The lowest BCUT2D eigenvalue weighted by Gasteiger charge is -2.39. The minimum absolute atomic E-state index is 0. The second kappa shape index (κ2) is 10.3. The molecule has 2 N–H and O–H groups in total. The third-order valence-electron chi connectivity index (χ3n) is 4.56. The molecule has 0 aliphatic carbocycles. The molecule has 1 atom stereocenters. The van der Waals surface area contributed by atoms with Gasteiger partial charge in [0.2, 0.25) is 0 Å². The molecule has 1 unspecified atom stereocenters. The number of nitrogens with zero attached hydrogens (tertiary/aromatic N) is 2. The number of furan rings is 1. The van der Waals surface area contributed by atoms with Gasteiger partial charge in [-0.25, -0.2) is 0 Å². The van der Waals surface area contributed by atoms with Crippen LogP contribution in [0.1, 0.15) is 35.4 Å². The Hall–Kier alpha value is -0.790. The number of hydrogen-bond donors (Lipinski definition) is 1. The van der Waals surface area contributed by atoms with E-state index in [-0.39, 0.29) is 36.8 Å². The molecule has 0 radical (unpaired) electrons. The number of hydrogen-bond acceptors (Lipinski definition) is 5. The van der Waals surface area contributed by atoms with Crippen LogP contribution < -0.4 is 5.73 Å². The highest BCUT2D eigenvalue weighted by Gasteiger charge is 2.30. The number of morpholine rings is 1. The number of rotatable bonds is 4. The SMILES string of the molecule is Cl.Cl.NCc1cc(C(=O)N2CCCCC2CN2CCOCC2)co1. The smallest absolute Gasteiger partial charge is 0.257 e. The Morgan fingerprint density at radius 2 is 1.96 bits per heavy atom. The number of likely N-dealkylation sites (tertiary alicyclic amines) is 1. The normalized spacial score (nSPS) is 21.7. The Morgan fingerprint density at radius 1 is 1.21 bits per heavy atom. The molecule has 0 saturated carbocycles. The molecule has 8 heteroatoms. The van der Waals surface area contributed by atoms with Crippen molar-refractivity contribution in [1.29, 1.82) is 0 Å². The lowest BCUT2D eigenvalue weighted by atomic mass is 10.0. The van der Waals surface area contributed by atoms with Gasteiger partial charge in [-0.2, -0.15) is 0 Å². The van der Waals surface area contributed by atoms with Crippen LogP contribution in [0, 0.1) is 0 Å². The predicted octanol–water partition coefficient (Wildman–Crippen LogP) is 1.91. The van der Waals surface area contributed by atoms with E-state index in [1.54, 1.807) is 6.07 Å². The van der Waals surface area contributed by atoms with Gasteiger partial charge in [-0.3, -0.25) is 9.69 Å². The van der Waals surface area contributed by atoms with E-state index in [1.807, 2.05) is 4.90 Å². The van der Waals surface area contributed by atoms with Crippen molar-refractivity contribution < 1.29 is 13.9 Å². The lowest BCUT2D eigenvalue weighted by Crippen LogP contribution is -2.51. The van der Waals surface area contributed by atoms with Crippen LogP contribution in [-0.4, -0.2) is 61.1 Å². The molecule has 138 valence electrons. The molecule has 2 saturated heterocycles. The van der Waals surface area contributed by atoms with Gasteiger partial charge in [-0.1, -0.05) is 0 Å². The number of nitrogens with two attached hydrogens (primary N) is 1. The molecule has 2 aliphatic heterocycles. The number of carbonyl (C=O) groups is 1. The third-order valence-corrected chi connectivity index (χ3v) is 4.56. The summed E-state index contributed by atoms with van der Waals surface area (Å²) in [4.78, 5) is 17.2. The van der Waals surface area contributed by atoms with Gasteiger partial charge < -0.3 is 19.8 Å². The van der Waals surface area contributed by atoms with Gasteiger partial charge in [0.1, 0.15) is 12.0 Å². The maximum absolute atomic E-state index is 12.8. The molecule has 0 aromatic carbocycles. The Bertz CT molecular complexity index is 507. The van der Waals surface area contributed by atoms with Crippen molar-refractivity contribution in [2.24, 2.45) is 5.73 Å². The quantitative estimate of drug-likeness (QED) is 0.864. The first-order valence-corrected chi connectivity index (χ1v) is 8.16. The van der Waals surface area contributed by atoms with Crippen LogP contribution >= 0.6 is 24.8 Å². The monoisotopic (exact) mass is 379 g/mol. The summed E-state index contributed by atoms with van der Waals surface area (Å²) in [6.07, 6.45) is 4.88. The summed E-state index contributed by atoms with van der Waals surface area (Å²) >= 11 is 0. The Kier molecular flexibility index (Phi) is 9.08. The number of ether oxygens (including phenoxy) is 1. The fourth-order valence-electron chi connectivity index (χ4n) is 3.31. The Balaban J connectivity index is 0.00000144. The van der Waals surface area contributed by atoms with Crippen LogP contribution in [0.4, 0.5) is 0 Å². The molecule has 2 fully saturated rings. The van der Waals surface area contributed by atoms with Gasteiger partial charge in [0, 0.05) is 32.2 Å². The molecular weight excluding hydrogens is 353 g/mol. The van der Waals surface area contributed by atoms with Crippen molar-refractivity contribution in [2.45, 2.75) is 31.8 Å². The van der Waals surface area contributed by atoms with E-state index in [4.69, 9.17) is 14.9 Å². The zero-order chi connectivity index (χ0) is 15.4. The molecule has 6 nitrogen and oxygen atoms in total. The van der Waals surface area contributed by atoms with Gasteiger partial charge in [-0.05, 0) is 25.3 Å². The summed E-state index contributed by atoms with van der Waals surface area (Å²) < 4.78 is 10.7. The van der Waals surface area contributed by atoms with Crippen molar-refractivity contribution in [3.63, 3.8) is 0 Å². The first kappa shape index (κ1) is 21.3. The molecule has 1 aromatic rings.